The van der Waals surface area contributed by atoms with Crippen LogP contribution < -0.4 is 25.5 Å². The van der Waals surface area contributed by atoms with Crippen LogP contribution in [-0.4, -0.2) is 63.0 Å². The highest BCUT2D eigenvalue weighted by molar-refractivity contribution is 5.95. The number of ether oxygens (including phenoxy) is 4. The van der Waals surface area contributed by atoms with Crippen LogP contribution in [0.4, 0.5) is 4.79 Å². The number of hydrazone groups is 1. The van der Waals surface area contributed by atoms with Crippen molar-refractivity contribution in [2.24, 2.45) is 5.10 Å². The van der Waals surface area contributed by atoms with Crippen LogP contribution in [0.5, 0.6) is 11.5 Å². The Morgan fingerprint density at radius 2 is 1.82 bits per heavy atom. The van der Waals surface area contributed by atoms with Crippen LogP contribution in [0.2, 0.25) is 0 Å². The van der Waals surface area contributed by atoms with Gasteiger partial charge in [0.1, 0.15) is 18.1 Å². The maximum Gasteiger partial charge on any atom is 0.337 e. The molecule has 0 saturated carbocycles. The minimum atomic E-state index is -1.18. The highest BCUT2D eigenvalue weighted by Gasteiger charge is 2.32. The molecule has 2 heterocycles. The molecule has 1 aromatic heterocycles. The molecule has 2 aromatic carbocycles. The fourth-order valence-corrected chi connectivity index (χ4v) is 4.56. The van der Waals surface area contributed by atoms with Gasteiger partial charge in [-0.2, -0.15) is 5.10 Å². The quantitative estimate of drug-likeness (QED) is 0.103. The first-order chi connectivity index (χ1) is 21.1. The Bertz CT molecular complexity index is 1590. The second-order valence-corrected chi connectivity index (χ2v) is 9.64. The number of hydrogen-bond donors (Lipinski definition) is 4. The van der Waals surface area contributed by atoms with E-state index in [4.69, 9.17) is 23.4 Å². The van der Waals surface area contributed by atoms with Gasteiger partial charge in [0.25, 0.3) is 0 Å². The maximum absolute atomic E-state index is 12.4. The van der Waals surface area contributed by atoms with Crippen LogP contribution in [0.3, 0.4) is 0 Å². The molecule has 0 saturated heterocycles. The van der Waals surface area contributed by atoms with E-state index in [2.05, 4.69) is 21.2 Å². The van der Waals surface area contributed by atoms with E-state index in [0.717, 1.165) is 11.1 Å². The van der Waals surface area contributed by atoms with E-state index >= 15 is 0 Å². The summed E-state index contributed by atoms with van der Waals surface area (Å²) in [6, 6.07) is 12.4. The number of carbonyl (C=O) groups is 3. The molecule has 13 heteroatoms. The lowest BCUT2D eigenvalue weighted by Gasteiger charge is -2.28. The molecule has 1 aliphatic heterocycles. The van der Waals surface area contributed by atoms with Gasteiger partial charge in [-0.15, -0.1) is 0 Å². The third-order valence-corrected chi connectivity index (χ3v) is 6.63. The lowest BCUT2D eigenvalue weighted by Crippen LogP contribution is -2.45. The van der Waals surface area contributed by atoms with Crippen LogP contribution in [0.25, 0.3) is 11.3 Å². The topological polar surface area (TPSA) is 170 Å². The fraction of sp³-hybridized carbons (Fsp3) is 0.290. The number of aliphatic hydroxyl groups excluding tert-OH is 1. The van der Waals surface area contributed by atoms with Gasteiger partial charge < -0.3 is 39.1 Å². The van der Waals surface area contributed by atoms with Gasteiger partial charge in [-0.25, -0.2) is 14.4 Å². The average Bonchev–Trinajstić information content (AvgIpc) is 3.47. The fourth-order valence-electron chi connectivity index (χ4n) is 4.56. The molecule has 232 valence electrons. The van der Waals surface area contributed by atoms with E-state index < -0.39 is 30.2 Å². The van der Waals surface area contributed by atoms with Crippen molar-refractivity contribution in [2.45, 2.75) is 33.0 Å². The monoisotopic (exact) mass is 606 g/mol. The number of methoxy groups -OCH3 is 2. The highest BCUT2D eigenvalue weighted by atomic mass is 16.5. The second kappa shape index (κ2) is 14.2. The number of allylic oxidation sites excluding steroid dienone is 1. The molecule has 2 atom stereocenters. The van der Waals surface area contributed by atoms with Crippen molar-refractivity contribution in [3.8, 4) is 22.8 Å². The molecule has 0 bridgehead atoms. The number of rotatable bonds is 12. The van der Waals surface area contributed by atoms with Crippen LogP contribution >= 0.6 is 0 Å². The van der Waals surface area contributed by atoms with Crippen LogP contribution in [-0.2, 0) is 14.3 Å². The standard InChI is InChI=1S/C31H34N4O9/c1-6-42-25-14-19(28-27(30(38)41-5)18(3)33-31(39)34-28)8-11-24(25)43-16-26(36)35-32-15-21-9-12-23(44-21)22-10-7-20(13-17(22)2)29(37)40-4/h7-15,26,28,35-36H,6,16H2,1-5H3,(H2,33,34,39)/b32-15-/t26-,28-/m0/s1. The number of amides is 2. The first-order valence-electron chi connectivity index (χ1n) is 13.7. The summed E-state index contributed by atoms with van der Waals surface area (Å²) in [7, 11) is 2.60. The summed E-state index contributed by atoms with van der Waals surface area (Å²) in [6.07, 6.45) is 0.232. The molecule has 44 heavy (non-hydrogen) atoms. The van der Waals surface area contributed by atoms with Crippen LogP contribution in [0.1, 0.15) is 47.1 Å². The SMILES string of the molecule is CCOc1cc([C@@H]2NC(=O)NC(C)=C2C(=O)OC)ccc1OC[C@H](O)N/N=C\c1ccc(-c2ccc(C(=O)OC)cc2C)o1. The smallest absolute Gasteiger partial charge is 0.337 e. The van der Waals surface area contributed by atoms with Gasteiger partial charge in [-0.05, 0) is 68.3 Å². The van der Waals surface area contributed by atoms with E-state index in [1.807, 2.05) is 6.92 Å². The first-order valence-corrected chi connectivity index (χ1v) is 13.7. The Balaban J connectivity index is 1.38. The van der Waals surface area contributed by atoms with E-state index in [1.165, 1.54) is 20.4 Å². The van der Waals surface area contributed by atoms with Gasteiger partial charge in [0.2, 0.25) is 0 Å². The zero-order valence-electron chi connectivity index (χ0n) is 24.9. The summed E-state index contributed by atoms with van der Waals surface area (Å²) < 4.78 is 27.0. The zero-order valence-corrected chi connectivity index (χ0v) is 24.9. The average molecular weight is 607 g/mol. The highest BCUT2D eigenvalue weighted by Crippen LogP contribution is 2.35. The molecule has 0 radical (unpaired) electrons. The number of benzene rings is 2. The van der Waals surface area contributed by atoms with Crippen molar-refractivity contribution < 1.29 is 42.9 Å². The number of furan rings is 1. The third-order valence-electron chi connectivity index (χ3n) is 6.63. The van der Waals surface area contributed by atoms with Crippen LogP contribution in [0.15, 0.2) is 69.3 Å². The number of aliphatic hydroxyl groups is 1. The molecular formula is C31H34N4O9. The minimum Gasteiger partial charge on any atom is -0.490 e. The Morgan fingerprint density at radius 3 is 2.52 bits per heavy atom. The Kier molecular flexibility index (Phi) is 10.2. The first kappa shape index (κ1) is 31.6. The van der Waals surface area contributed by atoms with Crippen molar-refractivity contribution >= 4 is 24.2 Å². The number of esters is 2. The Morgan fingerprint density at radius 1 is 1.05 bits per heavy atom. The normalized spacial score (nSPS) is 15.3. The van der Waals surface area contributed by atoms with Crippen molar-refractivity contribution in [3.63, 3.8) is 0 Å². The van der Waals surface area contributed by atoms with Crippen molar-refractivity contribution in [1.82, 2.24) is 16.1 Å². The number of urea groups is 1. The van der Waals surface area contributed by atoms with E-state index in [-0.39, 0.29) is 12.2 Å². The van der Waals surface area contributed by atoms with Gasteiger partial charge in [0, 0.05) is 11.3 Å². The van der Waals surface area contributed by atoms with Crippen LogP contribution in [0, 0.1) is 6.92 Å². The summed E-state index contributed by atoms with van der Waals surface area (Å²) in [6.45, 7) is 5.43. The minimum absolute atomic E-state index is 0.178. The molecule has 0 unspecified atom stereocenters. The van der Waals surface area contributed by atoms with E-state index in [1.54, 1.807) is 62.4 Å². The number of aryl methyl sites for hydroxylation is 1. The largest absolute Gasteiger partial charge is 0.490 e. The van der Waals surface area contributed by atoms with Crippen molar-refractivity contribution in [2.75, 3.05) is 27.4 Å². The molecule has 0 spiro atoms. The molecule has 4 rings (SSSR count). The number of carbonyl (C=O) groups excluding carboxylic acids is 3. The third kappa shape index (κ3) is 7.36. The van der Waals surface area contributed by atoms with E-state index in [0.29, 0.717) is 46.5 Å². The predicted molar refractivity (Wildman–Crippen MR) is 159 cm³/mol. The summed E-state index contributed by atoms with van der Waals surface area (Å²) in [5.41, 5.74) is 5.89. The van der Waals surface area contributed by atoms with Gasteiger partial charge >= 0.3 is 18.0 Å². The second-order valence-electron chi connectivity index (χ2n) is 9.64. The van der Waals surface area contributed by atoms with Crippen molar-refractivity contribution in [1.29, 1.82) is 0 Å². The Labute approximate surface area is 253 Å². The molecular weight excluding hydrogens is 572 g/mol. The predicted octanol–water partition coefficient (Wildman–Crippen LogP) is 3.56. The lowest BCUT2D eigenvalue weighted by molar-refractivity contribution is -0.136. The molecule has 0 aliphatic carbocycles. The summed E-state index contributed by atoms with van der Waals surface area (Å²) in [4.78, 5) is 36.3. The summed E-state index contributed by atoms with van der Waals surface area (Å²) in [5, 5.41) is 19.7. The van der Waals surface area contributed by atoms with Gasteiger partial charge in [-0.3, -0.25) is 5.43 Å². The summed E-state index contributed by atoms with van der Waals surface area (Å²) in [5.74, 6) is 0.721. The van der Waals surface area contributed by atoms with E-state index in [9.17, 15) is 19.5 Å². The van der Waals surface area contributed by atoms with Gasteiger partial charge in [0.15, 0.2) is 17.7 Å². The molecule has 2 amide bonds. The number of hydrogen-bond acceptors (Lipinski definition) is 11. The zero-order chi connectivity index (χ0) is 31.8. The molecule has 13 nitrogen and oxygen atoms in total. The molecule has 3 aromatic rings. The Hall–Kier alpha value is -5.30. The van der Waals surface area contributed by atoms with Gasteiger partial charge in [-0.1, -0.05) is 12.1 Å². The van der Waals surface area contributed by atoms with Gasteiger partial charge in [0.05, 0.1) is 44.2 Å². The molecule has 1 aliphatic rings. The molecule has 0 fully saturated rings. The number of nitrogens with one attached hydrogen (secondary N) is 3. The number of nitrogens with zero attached hydrogens (tertiary/aromatic N) is 1. The van der Waals surface area contributed by atoms with Crippen molar-refractivity contribution in [3.05, 3.63) is 82.3 Å². The lowest BCUT2D eigenvalue weighted by atomic mass is 9.95. The summed E-state index contributed by atoms with van der Waals surface area (Å²) >= 11 is 0. The molecule has 4 N–H and O–H groups in total. The maximum atomic E-state index is 12.4.